The van der Waals surface area contributed by atoms with Crippen LogP contribution in [0.5, 0.6) is 0 Å². The van der Waals surface area contributed by atoms with Gasteiger partial charge in [-0.05, 0) is 28.4 Å². The number of piperazine rings is 1. The van der Waals surface area contributed by atoms with Crippen molar-refractivity contribution >= 4 is 45.6 Å². The Labute approximate surface area is 138 Å². The number of carbonyl (C=O) groups excluding carboxylic acids is 1. The molecular weight excluding hydrogens is 362 g/mol. The molecule has 1 aromatic heterocycles. The van der Waals surface area contributed by atoms with Crippen molar-refractivity contribution in [2.24, 2.45) is 0 Å². The van der Waals surface area contributed by atoms with Gasteiger partial charge in [-0.15, -0.1) is 23.7 Å². The molecule has 2 fully saturated rings. The lowest BCUT2D eigenvalue weighted by atomic mass is 10.2. The van der Waals surface area contributed by atoms with Crippen molar-refractivity contribution < 1.29 is 4.79 Å². The highest BCUT2D eigenvalue weighted by atomic mass is 79.9. The minimum atomic E-state index is 0. The smallest absolute Gasteiger partial charge is 0.254 e. The second-order valence-corrected chi connectivity index (χ2v) is 7.41. The molecule has 1 aromatic rings. The van der Waals surface area contributed by atoms with Crippen molar-refractivity contribution in [2.45, 2.75) is 12.5 Å². The van der Waals surface area contributed by atoms with Crippen molar-refractivity contribution in [2.75, 3.05) is 39.3 Å². The maximum atomic E-state index is 12.4. The van der Waals surface area contributed by atoms with Crippen molar-refractivity contribution in [3.05, 3.63) is 20.8 Å². The highest BCUT2D eigenvalue weighted by molar-refractivity contribution is 9.11. The molecule has 2 aliphatic rings. The van der Waals surface area contributed by atoms with Gasteiger partial charge in [0.2, 0.25) is 0 Å². The lowest BCUT2D eigenvalue weighted by Gasteiger charge is -2.32. The molecule has 1 amide bonds. The van der Waals surface area contributed by atoms with Gasteiger partial charge >= 0.3 is 0 Å². The lowest BCUT2D eigenvalue weighted by Crippen LogP contribution is -2.49. The van der Waals surface area contributed by atoms with E-state index in [2.05, 4.69) is 26.1 Å². The fourth-order valence-corrected chi connectivity index (χ4v) is 4.01. The van der Waals surface area contributed by atoms with Gasteiger partial charge in [-0.25, -0.2) is 0 Å². The Balaban J connectivity index is 0.00000147. The molecule has 20 heavy (non-hydrogen) atoms. The fraction of sp³-hybridized carbons (Fsp3) is 0.615. The third kappa shape index (κ3) is 3.54. The van der Waals surface area contributed by atoms with Crippen molar-refractivity contribution in [1.29, 1.82) is 0 Å². The lowest BCUT2D eigenvalue weighted by molar-refractivity contribution is 0.0774. The highest BCUT2D eigenvalue weighted by Crippen LogP contribution is 2.24. The van der Waals surface area contributed by atoms with Crippen LogP contribution in [0.4, 0.5) is 0 Å². The van der Waals surface area contributed by atoms with E-state index in [0.717, 1.165) is 55.0 Å². The first-order valence-electron chi connectivity index (χ1n) is 6.72. The maximum absolute atomic E-state index is 12.4. The van der Waals surface area contributed by atoms with Gasteiger partial charge in [0.15, 0.2) is 0 Å². The zero-order chi connectivity index (χ0) is 13.2. The van der Waals surface area contributed by atoms with Gasteiger partial charge in [0.1, 0.15) is 0 Å². The maximum Gasteiger partial charge on any atom is 0.254 e. The van der Waals surface area contributed by atoms with E-state index >= 15 is 0 Å². The summed E-state index contributed by atoms with van der Waals surface area (Å²) in [4.78, 5) is 16.9. The Bertz CT molecular complexity index is 464. The van der Waals surface area contributed by atoms with E-state index in [1.807, 2.05) is 16.3 Å². The normalized spacial score (nSPS) is 23.6. The number of thiophene rings is 1. The average molecular weight is 381 g/mol. The minimum absolute atomic E-state index is 0. The van der Waals surface area contributed by atoms with Crippen LogP contribution in [0, 0.1) is 0 Å². The second kappa shape index (κ2) is 7.22. The summed E-state index contributed by atoms with van der Waals surface area (Å²) < 4.78 is 1.02. The summed E-state index contributed by atoms with van der Waals surface area (Å²) >= 11 is 4.99. The number of nitrogens with one attached hydrogen (secondary N) is 1. The van der Waals surface area contributed by atoms with E-state index in [0.29, 0.717) is 6.04 Å². The highest BCUT2D eigenvalue weighted by Gasteiger charge is 2.31. The van der Waals surface area contributed by atoms with E-state index in [4.69, 9.17) is 0 Å². The van der Waals surface area contributed by atoms with E-state index in [1.165, 1.54) is 0 Å². The number of carbonyl (C=O) groups is 1. The summed E-state index contributed by atoms with van der Waals surface area (Å²) in [6, 6.07) is 2.47. The first kappa shape index (κ1) is 16.2. The van der Waals surface area contributed by atoms with Crippen LogP contribution >= 0.6 is 39.7 Å². The zero-order valence-electron chi connectivity index (χ0n) is 11.2. The number of rotatable bonds is 2. The van der Waals surface area contributed by atoms with Gasteiger partial charge in [-0.2, -0.15) is 0 Å². The van der Waals surface area contributed by atoms with Gasteiger partial charge in [0.25, 0.3) is 5.91 Å². The third-order valence-electron chi connectivity index (χ3n) is 3.93. The van der Waals surface area contributed by atoms with Crippen molar-refractivity contribution in [1.82, 2.24) is 15.1 Å². The average Bonchev–Trinajstić information content (AvgIpc) is 3.08. The van der Waals surface area contributed by atoms with Crippen LogP contribution in [0.2, 0.25) is 0 Å². The van der Waals surface area contributed by atoms with Gasteiger partial charge in [-0.3, -0.25) is 9.69 Å². The Morgan fingerprint density at radius 3 is 2.75 bits per heavy atom. The summed E-state index contributed by atoms with van der Waals surface area (Å²) in [5.74, 6) is 0.180. The third-order valence-corrected chi connectivity index (χ3v) is 5.44. The quantitative estimate of drug-likeness (QED) is 0.853. The van der Waals surface area contributed by atoms with Crippen molar-refractivity contribution in [3.63, 3.8) is 0 Å². The summed E-state index contributed by atoms with van der Waals surface area (Å²) in [5, 5.41) is 5.31. The molecule has 1 N–H and O–H groups in total. The van der Waals surface area contributed by atoms with Crippen LogP contribution in [0.3, 0.4) is 0 Å². The van der Waals surface area contributed by atoms with E-state index < -0.39 is 0 Å². The van der Waals surface area contributed by atoms with Crippen LogP contribution in [0.25, 0.3) is 0 Å². The standard InChI is InChI=1S/C13H18BrN3OS.ClH/c14-12-7-10(9-19-12)13(18)17-4-1-11(8-17)16-5-2-15-3-6-16;/h7,9,11,15H,1-6,8H2;1H. The van der Waals surface area contributed by atoms with E-state index in [-0.39, 0.29) is 18.3 Å². The molecule has 7 heteroatoms. The monoisotopic (exact) mass is 379 g/mol. The van der Waals surface area contributed by atoms with Crippen LogP contribution in [-0.2, 0) is 0 Å². The number of halogens is 2. The number of hydrogen-bond donors (Lipinski definition) is 1. The molecular formula is C13H19BrClN3OS. The molecule has 3 heterocycles. The van der Waals surface area contributed by atoms with E-state index in [1.54, 1.807) is 11.3 Å². The fourth-order valence-electron chi connectivity index (χ4n) is 2.88. The number of likely N-dealkylation sites (tertiary alicyclic amines) is 1. The zero-order valence-corrected chi connectivity index (χ0v) is 14.4. The molecule has 1 unspecified atom stereocenters. The first-order chi connectivity index (χ1) is 9.24. The molecule has 0 spiro atoms. The number of hydrogen-bond acceptors (Lipinski definition) is 4. The Hall–Kier alpha value is -0.140. The summed E-state index contributed by atoms with van der Waals surface area (Å²) in [6.07, 6.45) is 1.11. The van der Waals surface area contributed by atoms with Gasteiger partial charge in [0.05, 0.1) is 9.35 Å². The van der Waals surface area contributed by atoms with Gasteiger partial charge < -0.3 is 10.2 Å². The van der Waals surface area contributed by atoms with Crippen LogP contribution < -0.4 is 5.32 Å². The summed E-state index contributed by atoms with van der Waals surface area (Å²) in [6.45, 7) is 6.13. The summed E-state index contributed by atoms with van der Waals surface area (Å²) in [5.41, 5.74) is 0.817. The SMILES string of the molecule is Cl.O=C(c1csc(Br)c1)N1CCC(N2CCNCC2)C1. The predicted molar refractivity (Wildman–Crippen MR) is 88.0 cm³/mol. The molecule has 1 atom stereocenters. The van der Waals surface area contributed by atoms with Gasteiger partial charge in [-0.1, -0.05) is 0 Å². The Kier molecular flexibility index (Phi) is 5.86. The number of amides is 1. The molecule has 0 aliphatic carbocycles. The minimum Gasteiger partial charge on any atom is -0.337 e. The molecule has 0 radical (unpaired) electrons. The topological polar surface area (TPSA) is 35.6 Å². The predicted octanol–water partition coefficient (Wildman–Crippen LogP) is 2.05. The molecule has 0 aromatic carbocycles. The van der Waals surface area contributed by atoms with Crippen LogP contribution in [0.15, 0.2) is 15.2 Å². The summed E-state index contributed by atoms with van der Waals surface area (Å²) in [7, 11) is 0. The molecule has 2 aliphatic heterocycles. The first-order valence-corrected chi connectivity index (χ1v) is 8.39. The van der Waals surface area contributed by atoms with E-state index in [9.17, 15) is 4.79 Å². The van der Waals surface area contributed by atoms with Gasteiger partial charge in [0, 0.05) is 50.7 Å². The molecule has 112 valence electrons. The molecule has 4 nitrogen and oxygen atoms in total. The van der Waals surface area contributed by atoms with Crippen LogP contribution in [0.1, 0.15) is 16.8 Å². The van der Waals surface area contributed by atoms with Crippen LogP contribution in [-0.4, -0.2) is 61.0 Å². The number of nitrogens with zero attached hydrogens (tertiary/aromatic N) is 2. The largest absolute Gasteiger partial charge is 0.337 e. The molecule has 0 saturated carbocycles. The molecule has 0 bridgehead atoms. The Morgan fingerprint density at radius 2 is 2.10 bits per heavy atom. The molecule has 3 rings (SSSR count). The molecule has 2 saturated heterocycles. The van der Waals surface area contributed by atoms with Crippen molar-refractivity contribution in [3.8, 4) is 0 Å². The Morgan fingerprint density at radius 1 is 1.35 bits per heavy atom. The second-order valence-electron chi connectivity index (χ2n) is 5.12.